The highest BCUT2D eigenvalue weighted by Gasteiger charge is 2.24. The molecule has 4 nitrogen and oxygen atoms in total. The van der Waals surface area contributed by atoms with Crippen LogP contribution in [0.5, 0.6) is 0 Å². The molecule has 0 radical (unpaired) electrons. The normalized spacial score (nSPS) is 22.2. The third-order valence-electron chi connectivity index (χ3n) is 2.40. The number of nitrogens with one attached hydrogen (secondary N) is 1. The number of hydrogen-bond acceptors (Lipinski definition) is 4. The average molecular weight is 221 g/mol. The summed E-state index contributed by atoms with van der Waals surface area (Å²) in [5.74, 6) is 0. The molecule has 0 bridgehead atoms. The van der Waals surface area contributed by atoms with Gasteiger partial charge in [-0.25, -0.2) is 4.98 Å². The van der Waals surface area contributed by atoms with E-state index in [1.54, 1.807) is 18.3 Å². The van der Waals surface area contributed by atoms with Crippen LogP contribution in [0, 0.1) is 11.3 Å². The van der Waals surface area contributed by atoms with E-state index in [1.807, 2.05) is 6.07 Å². The Morgan fingerprint density at radius 1 is 1.67 bits per heavy atom. The van der Waals surface area contributed by atoms with Crippen LogP contribution in [0.3, 0.4) is 0 Å². The van der Waals surface area contributed by atoms with Crippen molar-refractivity contribution in [3.05, 3.63) is 23.9 Å². The van der Waals surface area contributed by atoms with Gasteiger partial charge < -0.3 is 5.32 Å². The van der Waals surface area contributed by atoms with Gasteiger partial charge in [0.25, 0.3) is 0 Å². The standard InChI is InChI=1S/C10H11N3OS/c11-6-8-2-1-4-13-10(8)15(14)9-3-5-12-7-9/h1-2,4,9,12H,3,5,7H2/t9-,15-/m1/s1. The quantitative estimate of drug-likeness (QED) is 0.786. The molecule has 0 unspecified atom stereocenters. The van der Waals surface area contributed by atoms with Gasteiger partial charge in [0.1, 0.15) is 11.1 Å². The lowest BCUT2D eigenvalue weighted by Gasteiger charge is -2.08. The number of pyridine rings is 1. The maximum Gasteiger partial charge on any atom is 0.145 e. The van der Waals surface area contributed by atoms with Crippen molar-refractivity contribution >= 4 is 10.8 Å². The van der Waals surface area contributed by atoms with Gasteiger partial charge in [-0.15, -0.1) is 0 Å². The zero-order valence-corrected chi connectivity index (χ0v) is 8.96. The molecule has 5 heteroatoms. The SMILES string of the molecule is N#Cc1cccnc1[S@](=O)[C@@H]1CCNC1. The van der Waals surface area contributed by atoms with E-state index >= 15 is 0 Å². The van der Waals surface area contributed by atoms with Gasteiger partial charge in [0.2, 0.25) is 0 Å². The first kappa shape index (κ1) is 10.3. The molecule has 2 heterocycles. The molecule has 0 saturated carbocycles. The van der Waals surface area contributed by atoms with Crippen molar-refractivity contribution in [2.45, 2.75) is 16.7 Å². The van der Waals surface area contributed by atoms with Gasteiger partial charge in [0.05, 0.1) is 21.6 Å². The van der Waals surface area contributed by atoms with Gasteiger partial charge in [-0.3, -0.25) is 4.21 Å². The van der Waals surface area contributed by atoms with Crippen molar-refractivity contribution in [2.24, 2.45) is 0 Å². The first-order chi connectivity index (χ1) is 7.33. The molecule has 2 atom stereocenters. The van der Waals surface area contributed by atoms with E-state index in [-0.39, 0.29) is 5.25 Å². The van der Waals surface area contributed by atoms with Crippen LogP contribution in [-0.4, -0.2) is 27.5 Å². The van der Waals surface area contributed by atoms with Gasteiger partial charge in [-0.1, -0.05) is 0 Å². The number of hydrogen-bond donors (Lipinski definition) is 1. The summed E-state index contributed by atoms with van der Waals surface area (Å²) in [6.45, 7) is 1.64. The molecular weight excluding hydrogens is 210 g/mol. The number of nitriles is 1. The molecule has 1 aromatic heterocycles. The Morgan fingerprint density at radius 3 is 3.20 bits per heavy atom. The molecule has 78 valence electrons. The van der Waals surface area contributed by atoms with Crippen LogP contribution in [-0.2, 0) is 10.8 Å². The van der Waals surface area contributed by atoms with Crippen molar-refractivity contribution in [3.63, 3.8) is 0 Å². The van der Waals surface area contributed by atoms with E-state index in [2.05, 4.69) is 10.3 Å². The van der Waals surface area contributed by atoms with Crippen LogP contribution in [0.4, 0.5) is 0 Å². The monoisotopic (exact) mass is 221 g/mol. The molecule has 2 rings (SSSR count). The lowest BCUT2D eigenvalue weighted by atomic mass is 10.3. The number of nitrogens with zero attached hydrogens (tertiary/aromatic N) is 2. The molecule has 0 aromatic carbocycles. The lowest BCUT2D eigenvalue weighted by Crippen LogP contribution is -2.20. The summed E-state index contributed by atoms with van der Waals surface area (Å²) in [4.78, 5) is 4.04. The average Bonchev–Trinajstić information content (AvgIpc) is 2.81. The van der Waals surface area contributed by atoms with Crippen LogP contribution >= 0.6 is 0 Å². The highest BCUT2D eigenvalue weighted by atomic mass is 32.2. The fraction of sp³-hybridized carbons (Fsp3) is 0.400. The van der Waals surface area contributed by atoms with E-state index in [1.165, 1.54) is 0 Å². The Kier molecular flexibility index (Phi) is 3.09. The third kappa shape index (κ3) is 2.06. The summed E-state index contributed by atoms with van der Waals surface area (Å²) < 4.78 is 12.1. The van der Waals surface area contributed by atoms with Crippen molar-refractivity contribution in [1.29, 1.82) is 5.26 Å². The Morgan fingerprint density at radius 2 is 2.53 bits per heavy atom. The second-order valence-corrected chi connectivity index (χ2v) is 5.03. The third-order valence-corrected chi connectivity index (χ3v) is 4.11. The van der Waals surface area contributed by atoms with E-state index in [0.717, 1.165) is 19.5 Å². The Labute approximate surface area is 90.8 Å². The molecule has 0 aliphatic carbocycles. The van der Waals surface area contributed by atoms with Crippen LogP contribution in [0.1, 0.15) is 12.0 Å². The molecule has 0 spiro atoms. The van der Waals surface area contributed by atoms with Gasteiger partial charge in [0.15, 0.2) is 0 Å². The highest BCUT2D eigenvalue weighted by molar-refractivity contribution is 7.85. The first-order valence-corrected chi connectivity index (χ1v) is 6.00. The van der Waals surface area contributed by atoms with Crippen molar-refractivity contribution in [3.8, 4) is 6.07 Å². The largest absolute Gasteiger partial charge is 0.315 e. The van der Waals surface area contributed by atoms with Gasteiger partial charge >= 0.3 is 0 Å². The fourth-order valence-electron chi connectivity index (χ4n) is 1.60. The molecule has 1 N–H and O–H groups in total. The zero-order valence-electron chi connectivity index (χ0n) is 8.14. The second kappa shape index (κ2) is 4.51. The minimum absolute atomic E-state index is 0.0898. The predicted octanol–water partition coefficient (Wildman–Crippen LogP) is 0.423. The molecule has 1 fully saturated rings. The predicted molar refractivity (Wildman–Crippen MR) is 56.6 cm³/mol. The van der Waals surface area contributed by atoms with Gasteiger partial charge in [-0.05, 0) is 25.1 Å². The summed E-state index contributed by atoms with van der Waals surface area (Å²) in [5, 5.41) is 12.5. The molecule has 15 heavy (non-hydrogen) atoms. The van der Waals surface area contributed by atoms with Crippen molar-refractivity contribution in [1.82, 2.24) is 10.3 Å². The summed E-state index contributed by atoms with van der Waals surface area (Å²) in [5.41, 5.74) is 0.419. The Hall–Kier alpha value is -1.25. The minimum Gasteiger partial charge on any atom is -0.315 e. The first-order valence-electron chi connectivity index (χ1n) is 4.79. The van der Waals surface area contributed by atoms with E-state index in [9.17, 15) is 4.21 Å². The second-order valence-electron chi connectivity index (χ2n) is 3.38. The summed E-state index contributed by atoms with van der Waals surface area (Å²) in [6.07, 6.45) is 2.46. The molecule has 1 saturated heterocycles. The van der Waals surface area contributed by atoms with Crippen LogP contribution in [0.2, 0.25) is 0 Å². The number of rotatable bonds is 2. The summed E-state index contributed by atoms with van der Waals surface area (Å²) >= 11 is 0. The zero-order chi connectivity index (χ0) is 10.7. The number of aromatic nitrogens is 1. The Bertz CT molecular complexity index is 421. The smallest absolute Gasteiger partial charge is 0.145 e. The van der Waals surface area contributed by atoms with E-state index in [0.29, 0.717) is 10.6 Å². The molecule has 1 aliphatic heterocycles. The van der Waals surface area contributed by atoms with Gasteiger partial charge in [0, 0.05) is 12.7 Å². The molecule has 1 aliphatic rings. The van der Waals surface area contributed by atoms with Crippen LogP contribution < -0.4 is 5.32 Å². The molecule has 1 aromatic rings. The maximum atomic E-state index is 12.1. The van der Waals surface area contributed by atoms with Crippen molar-refractivity contribution in [2.75, 3.05) is 13.1 Å². The van der Waals surface area contributed by atoms with Crippen molar-refractivity contribution < 1.29 is 4.21 Å². The maximum absolute atomic E-state index is 12.1. The minimum atomic E-state index is -1.17. The van der Waals surface area contributed by atoms with Crippen LogP contribution in [0.15, 0.2) is 23.4 Å². The van der Waals surface area contributed by atoms with E-state index < -0.39 is 10.8 Å². The van der Waals surface area contributed by atoms with Gasteiger partial charge in [-0.2, -0.15) is 5.26 Å². The fourth-order valence-corrected chi connectivity index (χ4v) is 3.02. The van der Waals surface area contributed by atoms with Crippen LogP contribution in [0.25, 0.3) is 0 Å². The Balaban J connectivity index is 2.29. The molecular formula is C10H11N3OS. The topological polar surface area (TPSA) is 65.8 Å². The molecule has 0 amide bonds. The lowest BCUT2D eigenvalue weighted by molar-refractivity contribution is 0.669. The summed E-state index contributed by atoms with van der Waals surface area (Å²) in [7, 11) is -1.17. The van der Waals surface area contributed by atoms with E-state index in [4.69, 9.17) is 5.26 Å². The summed E-state index contributed by atoms with van der Waals surface area (Å²) in [6, 6.07) is 5.37. The highest BCUT2D eigenvalue weighted by Crippen LogP contribution is 2.16.